The minimum atomic E-state index is -0.854. The predicted octanol–water partition coefficient (Wildman–Crippen LogP) is 6.32. The van der Waals surface area contributed by atoms with E-state index in [4.69, 9.17) is 4.74 Å². The molecule has 3 aliphatic rings. The molecule has 0 bridgehead atoms. The van der Waals surface area contributed by atoms with Gasteiger partial charge >= 0.3 is 0 Å². The molecule has 3 fully saturated rings. The molecule has 1 atom stereocenters. The van der Waals surface area contributed by atoms with Gasteiger partial charge in [0.05, 0.1) is 5.60 Å². The first-order chi connectivity index (χ1) is 20.5. The number of piperidine rings is 1. The summed E-state index contributed by atoms with van der Waals surface area (Å²) in [6.07, 6.45) is 7.90. The SMILES string of the molecule is CCCCN1C(=O)[C@@H](CC2(O)CCCCC2)NC(=O)C12CCN(Cc1ccc(Oc3ccc(C(C)(C)C)cc3)cc1)CC2. The van der Waals surface area contributed by atoms with Crippen molar-refractivity contribution >= 4 is 11.8 Å². The highest BCUT2D eigenvalue weighted by Gasteiger charge is 2.54. The van der Waals surface area contributed by atoms with E-state index in [9.17, 15) is 14.7 Å². The number of carbonyl (C=O) groups is 2. The number of unbranched alkanes of at least 4 members (excludes halogenated alkanes) is 1. The molecule has 2 aromatic rings. The Hall–Kier alpha value is -2.90. The fraction of sp³-hybridized carbons (Fsp3) is 0.611. The summed E-state index contributed by atoms with van der Waals surface area (Å²) in [6, 6.07) is 15.9. The summed E-state index contributed by atoms with van der Waals surface area (Å²) in [4.78, 5) is 31.9. The Bertz CT molecular complexity index is 1240. The zero-order valence-electron chi connectivity index (χ0n) is 26.7. The molecular formula is C36H51N3O4. The van der Waals surface area contributed by atoms with Gasteiger partial charge in [0, 0.05) is 32.6 Å². The number of carbonyl (C=O) groups excluding carboxylic acids is 2. The lowest BCUT2D eigenvalue weighted by atomic mass is 9.77. The highest BCUT2D eigenvalue weighted by molar-refractivity contribution is 6.00. The van der Waals surface area contributed by atoms with Crippen LogP contribution in [0.25, 0.3) is 0 Å². The molecule has 43 heavy (non-hydrogen) atoms. The van der Waals surface area contributed by atoms with Crippen LogP contribution in [0.3, 0.4) is 0 Å². The van der Waals surface area contributed by atoms with Crippen molar-refractivity contribution in [1.29, 1.82) is 0 Å². The molecule has 0 radical (unpaired) electrons. The lowest BCUT2D eigenvalue weighted by Crippen LogP contribution is -2.73. The average molecular weight is 590 g/mol. The monoisotopic (exact) mass is 589 g/mol. The van der Waals surface area contributed by atoms with Crippen LogP contribution in [-0.4, -0.2) is 63.5 Å². The summed E-state index contributed by atoms with van der Waals surface area (Å²) in [5.74, 6) is 1.58. The van der Waals surface area contributed by atoms with E-state index in [1.165, 1.54) is 11.1 Å². The lowest BCUT2D eigenvalue weighted by molar-refractivity contribution is -0.163. The van der Waals surface area contributed by atoms with Crippen LogP contribution in [0.5, 0.6) is 11.5 Å². The number of amides is 2. The number of benzene rings is 2. The topological polar surface area (TPSA) is 82.1 Å². The van der Waals surface area contributed by atoms with Crippen molar-refractivity contribution in [3.8, 4) is 11.5 Å². The molecule has 2 amide bonds. The highest BCUT2D eigenvalue weighted by Crippen LogP contribution is 2.38. The second kappa shape index (κ2) is 13.0. The molecule has 0 aromatic heterocycles. The maximum absolute atomic E-state index is 13.8. The van der Waals surface area contributed by atoms with Crippen molar-refractivity contribution in [3.05, 3.63) is 59.7 Å². The van der Waals surface area contributed by atoms with Crippen LogP contribution in [-0.2, 0) is 21.5 Å². The Labute approximate surface area is 258 Å². The van der Waals surface area contributed by atoms with E-state index in [0.717, 1.165) is 63.2 Å². The molecule has 2 N–H and O–H groups in total. The van der Waals surface area contributed by atoms with E-state index >= 15 is 0 Å². The van der Waals surface area contributed by atoms with Gasteiger partial charge in [-0.1, -0.05) is 77.6 Å². The third-order valence-corrected chi connectivity index (χ3v) is 9.88. The molecule has 1 aliphatic carbocycles. The van der Waals surface area contributed by atoms with Gasteiger partial charge in [0.2, 0.25) is 11.8 Å². The molecule has 7 nitrogen and oxygen atoms in total. The third kappa shape index (κ3) is 7.26. The van der Waals surface area contributed by atoms with Gasteiger partial charge in [-0.3, -0.25) is 14.5 Å². The maximum Gasteiger partial charge on any atom is 0.246 e. The number of piperazine rings is 1. The summed E-state index contributed by atoms with van der Waals surface area (Å²) in [5, 5.41) is 14.2. The molecule has 0 unspecified atom stereocenters. The number of ether oxygens (including phenoxy) is 1. The number of likely N-dealkylation sites (tertiary alicyclic amines) is 1. The van der Waals surface area contributed by atoms with Crippen LogP contribution in [0.1, 0.15) is 103 Å². The summed E-state index contributed by atoms with van der Waals surface area (Å²) < 4.78 is 6.08. The first-order valence-electron chi connectivity index (χ1n) is 16.5. The fourth-order valence-electron chi connectivity index (χ4n) is 7.11. The molecule has 1 saturated carbocycles. The smallest absolute Gasteiger partial charge is 0.246 e. The summed E-state index contributed by atoms with van der Waals surface area (Å²) in [6.45, 7) is 11.6. The first-order valence-corrected chi connectivity index (χ1v) is 16.5. The quantitative estimate of drug-likeness (QED) is 0.358. The van der Waals surface area contributed by atoms with Crippen LogP contribution in [0.4, 0.5) is 0 Å². The third-order valence-electron chi connectivity index (χ3n) is 9.88. The van der Waals surface area contributed by atoms with E-state index in [2.05, 4.69) is 62.2 Å². The van der Waals surface area contributed by atoms with Crippen LogP contribution < -0.4 is 10.1 Å². The van der Waals surface area contributed by atoms with Gasteiger partial charge in [0.15, 0.2) is 0 Å². The Morgan fingerprint density at radius 3 is 2.09 bits per heavy atom. The number of hydrogen-bond acceptors (Lipinski definition) is 5. The van der Waals surface area contributed by atoms with E-state index in [1.807, 2.05) is 29.2 Å². The van der Waals surface area contributed by atoms with Gasteiger partial charge < -0.3 is 20.1 Å². The van der Waals surface area contributed by atoms with Crippen molar-refractivity contribution in [1.82, 2.24) is 15.1 Å². The van der Waals surface area contributed by atoms with Crippen LogP contribution in [0.15, 0.2) is 48.5 Å². The lowest BCUT2D eigenvalue weighted by Gasteiger charge is -2.52. The first kappa shape index (κ1) is 31.5. The van der Waals surface area contributed by atoms with Crippen LogP contribution >= 0.6 is 0 Å². The normalized spacial score (nSPS) is 22.4. The van der Waals surface area contributed by atoms with Crippen molar-refractivity contribution in [3.63, 3.8) is 0 Å². The van der Waals surface area contributed by atoms with E-state index < -0.39 is 17.2 Å². The fourth-order valence-corrected chi connectivity index (χ4v) is 7.11. The number of aliphatic hydroxyl groups is 1. The number of rotatable bonds is 9. The Balaban J connectivity index is 1.19. The molecule has 2 aliphatic heterocycles. The molecule has 1 spiro atoms. The van der Waals surface area contributed by atoms with Gasteiger partial charge in [-0.05, 0) is 72.9 Å². The molecule has 2 aromatic carbocycles. The number of nitrogens with one attached hydrogen (secondary N) is 1. The van der Waals surface area contributed by atoms with Crippen LogP contribution in [0, 0.1) is 0 Å². The number of hydrogen-bond donors (Lipinski definition) is 2. The predicted molar refractivity (Wildman–Crippen MR) is 170 cm³/mol. The summed E-state index contributed by atoms with van der Waals surface area (Å²) in [7, 11) is 0. The second-order valence-electron chi connectivity index (χ2n) is 14.2. The summed E-state index contributed by atoms with van der Waals surface area (Å²) in [5.41, 5.74) is 0.931. The molecule has 234 valence electrons. The Morgan fingerprint density at radius 2 is 1.51 bits per heavy atom. The highest BCUT2D eigenvalue weighted by atomic mass is 16.5. The molecular weight excluding hydrogens is 538 g/mol. The van der Waals surface area contributed by atoms with E-state index in [0.29, 0.717) is 38.6 Å². The molecule has 2 saturated heterocycles. The van der Waals surface area contributed by atoms with Gasteiger partial charge in [-0.2, -0.15) is 0 Å². The average Bonchev–Trinajstić information content (AvgIpc) is 2.98. The van der Waals surface area contributed by atoms with Crippen molar-refractivity contribution in [2.45, 2.75) is 121 Å². The zero-order chi connectivity index (χ0) is 30.7. The van der Waals surface area contributed by atoms with Crippen LogP contribution in [0.2, 0.25) is 0 Å². The minimum absolute atomic E-state index is 0.0101. The molecule has 7 heteroatoms. The molecule has 5 rings (SSSR count). The van der Waals surface area contributed by atoms with Gasteiger partial charge in [-0.15, -0.1) is 0 Å². The van der Waals surface area contributed by atoms with Crippen molar-refractivity contribution < 1.29 is 19.4 Å². The maximum atomic E-state index is 13.8. The van der Waals surface area contributed by atoms with Gasteiger partial charge in [0.25, 0.3) is 0 Å². The summed E-state index contributed by atoms with van der Waals surface area (Å²) >= 11 is 0. The van der Waals surface area contributed by atoms with E-state index in [-0.39, 0.29) is 17.2 Å². The van der Waals surface area contributed by atoms with Gasteiger partial charge in [-0.25, -0.2) is 0 Å². The number of nitrogens with zero attached hydrogens (tertiary/aromatic N) is 2. The van der Waals surface area contributed by atoms with Crippen molar-refractivity contribution in [2.75, 3.05) is 19.6 Å². The zero-order valence-corrected chi connectivity index (χ0v) is 26.7. The minimum Gasteiger partial charge on any atom is -0.457 e. The Kier molecular flexibility index (Phi) is 9.52. The largest absolute Gasteiger partial charge is 0.457 e. The standard InChI is InChI=1S/C36H51N3O4/c1-5-6-22-39-32(40)31(25-35(42)18-8-7-9-19-35)37-33(41)36(39)20-23-38(24-21-36)26-27-10-14-29(15-11-27)43-30-16-12-28(13-17-30)34(2,3)4/h10-17,31,42H,5-9,18-26H2,1-4H3,(H,37,41)/t31-/m1/s1. The second-order valence-corrected chi connectivity index (χ2v) is 14.2. The van der Waals surface area contributed by atoms with Crippen molar-refractivity contribution in [2.24, 2.45) is 0 Å². The molecule has 2 heterocycles. The van der Waals surface area contributed by atoms with Gasteiger partial charge in [0.1, 0.15) is 23.1 Å². The Morgan fingerprint density at radius 1 is 0.907 bits per heavy atom. The van der Waals surface area contributed by atoms with E-state index in [1.54, 1.807) is 0 Å².